The van der Waals surface area contributed by atoms with Gasteiger partial charge in [-0.25, -0.2) is 0 Å². The molecule has 0 aliphatic rings. The van der Waals surface area contributed by atoms with E-state index >= 15 is 0 Å². The van der Waals surface area contributed by atoms with Gasteiger partial charge in [0.05, 0.1) is 31.4 Å². The Morgan fingerprint density at radius 1 is 1.04 bits per heavy atom. The van der Waals surface area contributed by atoms with E-state index in [0.717, 1.165) is 13.0 Å². The summed E-state index contributed by atoms with van der Waals surface area (Å²) in [5.41, 5.74) is 0.362. The van der Waals surface area contributed by atoms with Crippen molar-refractivity contribution in [3.63, 3.8) is 0 Å². The van der Waals surface area contributed by atoms with Crippen LogP contribution in [0.3, 0.4) is 0 Å². The molecule has 2 aromatic carbocycles. The number of nitrogens with one attached hydrogen (secondary N) is 3. The molecule has 0 heterocycles. The highest BCUT2D eigenvalue weighted by Gasteiger charge is 2.16. The zero-order chi connectivity index (χ0) is 19.8. The van der Waals surface area contributed by atoms with E-state index in [-0.39, 0.29) is 0 Å². The van der Waals surface area contributed by atoms with Crippen molar-refractivity contribution < 1.29 is 19.2 Å². The third-order valence-corrected chi connectivity index (χ3v) is 4.12. The van der Waals surface area contributed by atoms with Crippen LogP contribution in [0.15, 0.2) is 42.5 Å². The molecule has 0 unspecified atom stereocenters. The molecule has 0 aliphatic heterocycles. The maximum Gasteiger partial charge on any atom is 0.313 e. The molecule has 0 fully saturated rings. The van der Waals surface area contributed by atoms with Gasteiger partial charge >= 0.3 is 11.8 Å². The normalized spacial score (nSPS) is 10.6. The summed E-state index contributed by atoms with van der Waals surface area (Å²) in [6.07, 6.45) is 0.788. The zero-order valence-electron chi connectivity index (χ0n) is 15.1. The van der Waals surface area contributed by atoms with Crippen LogP contribution in [0.5, 0.6) is 11.5 Å². The second-order valence-corrected chi connectivity index (χ2v) is 7.04. The summed E-state index contributed by atoms with van der Waals surface area (Å²) in [5.74, 6) is -0.703. The monoisotopic (exact) mass is 410 g/mol. The van der Waals surface area contributed by atoms with Crippen molar-refractivity contribution in [1.82, 2.24) is 5.32 Å². The van der Waals surface area contributed by atoms with Gasteiger partial charge in [-0.1, -0.05) is 35.3 Å². The summed E-state index contributed by atoms with van der Waals surface area (Å²) >= 11 is 12.0. The Morgan fingerprint density at radius 2 is 1.78 bits per heavy atom. The van der Waals surface area contributed by atoms with Crippen molar-refractivity contribution in [3.05, 3.63) is 52.5 Å². The number of hydrogen-bond donors (Lipinski definition) is 3. The molecular formula is C19H22Cl2N3O3+. The average Bonchev–Trinajstić information content (AvgIpc) is 2.62. The third kappa shape index (κ3) is 6.75. The van der Waals surface area contributed by atoms with Gasteiger partial charge in [-0.3, -0.25) is 9.59 Å². The summed E-state index contributed by atoms with van der Waals surface area (Å²) in [6, 6.07) is 11.6. The first kappa shape index (κ1) is 21.0. The van der Waals surface area contributed by atoms with Gasteiger partial charge in [-0.2, -0.15) is 0 Å². The topological polar surface area (TPSA) is 71.9 Å². The molecule has 144 valence electrons. The van der Waals surface area contributed by atoms with Gasteiger partial charge in [0.1, 0.15) is 5.75 Å². The predicted molar refractivity (Wildman–Crippen MR) is 107 cm³/mol. The Hall–Kier alpha value is -2.28. The molecule has 0 saturated heterocycles. The molecule has 6 nitrogen and oxygen atoms in total. The summed E-state index contributed by atoms with van der Waals surface area (Å²) in [5, 5.41) is 5.99. The standard InChI is InChI=1S/C19H21Cl2N3O3/c1-24(2)11-5-10-22-18(25)19(26)23-15-6-3-4-7-17(15)27-16-9-8-13(20)12-14(16)21/h3-4,6-9,12H,5,10-11H2,1-2H3,(H,22,25)(H,23,26)/p+1. The van der Waals surface area contributed by atoms with Gasteiger partial charge in [0.2, 0.25) is 0 Å². The molecule has 8 heteroatoms. The van der Waals surface area contributed by atoms with E-state index < -0.39 is 11.8 Å². The maximum atomic E-state index is 12.1. The molecule has 2 amide bonds. The van der Waals surface area contributed by atoms with Crippen LogP contribution in [0.25, 0.3) is 0 Å². The van der Waals surface area contributed by atoms with Crippen LogP contribution in [0.4, 0.5) is 5.69 Å². The Kier molecular flexibility index (Phi) is 7.91. The number of quaternary nitrogens is 1. The Bertz CT molecular complexity index is 813. The highest BCUT2D eigenvalue weighted by molar-refractivity contribution is 6.39. The molecular weight excluding hydrogens is 389 g/mol. The lowest BCUT2D eigenvalue weighted by atomic mass is 10.2. The fraction of sp³-hybridized carbons (Fsp3) is 0.263. The van der Waals surface area contributed by atoms with Crippen molar-refractivity contribution in [2.75, 3.05) is 32.5 Å². The SMILES string of the molecule is C[NH+](C)CCCNC(=O)C(=O)Nc1ccccc1Oc1ccc(Cl)cc1Cl. The lowest BCUT2D eigenvalue weighted by Crippen LogP contribution is -3.05. The van der Waals surface area contributed by atoms with Crippen LogP contribution in [0.2, 0.25) is 10.0 Å². The first-order chi connectivity index (χ1) is 12.9. The fourth-order valence-electron chi connectivity index (χ4n) is 2.24. The second-order valence-electron chi connectivity index (χ2n) is 6.19. The minimum atomic E-state index is -0.759. The number of halogens is 2. The van der Waals surface area contributed by atoms with Crippen LogP contribution < -0.4 is 20.3 Å². The molecule has 0 spiro atoms. The van der Waals surface area contributed by atoms with Crippen LogP contribution in [-0.2, 0) is 9.59 Å². The summed E-state index contributed by atoms with van der Waals surface area (Å²) in [4.78, 5) is 25.4. The van der Waals surface area contributed by atoms with E-state index in [1.165, 1.54) is 4.90 Å². The number of amides is 2. The van der Waals surface area contributed by atoms with Crippen LogP contribution in [0, 0.1) is 0 Å². The Balaban J connectivity index is 2.00. The minimum Gasteiger partial charge on any atom is -0.454 e. The molecule has 0 aromatic heterocycles. The molecule has 0 radical (unpaired) electrons. The lowest BCUT2D eigenvalue weighted by molar-refractivity contribution is -0.858. The molecule has 0 aliphatic carbocycles. The fourth-order valence-corrected chi connectivity index (χ4v) is 2.69. The smallest absolute Gasteiger partial charge is 0.313 e. The first-order valence-electron chi connectivity index (χ1n) is 8.47. The molecule has 0 atom stereocenters. The zero-order valence-corrected chi connectivity index (χ0v) is 16.7. The predicted octanol–water partition coefficient (Wildman–Crippen LogP) is 2.38. The first-order valence-corrected chi connectivity index (χ1v) is 9.22. The minimum absolute atomic E-state index is 0.337. The van der Waals surface area contributed by atoms with Gasteiger partial charge in [0.25, 0.3) is 0 Å². The van der Waals surface area contributed by atoms with Gasteiger partial charge in [-0.05, 0) is 30.3 Å². The molecule has 27 heavy (non-hydrogen) atoms. The summed E-state index contributed by atoms with van der Waals surface area (Å²) in [7, 11) is 4.05. The van der Waals surface area contributed by atoms with Gasteiger partial charge in [-0.15, -0.1) is 0 Å². The number of para-hydroxylation sites is 2. The van der Waals surface area contributed by atoms with Crippen molar-refractivity contribution in [2.24, 2.45) is 0 Å². The van der Waals surface area contributed by atoms with Crippen molar-refractivity contribution in [1.29, 1.82) is 0 Å². The number of carbonyl (C=O) groups is 2. The highest BCUT2D eigenvalue weighted by Crippen LogP contribution is 2.34. The highest BCUT2D eigenvalue weighted by atomic mass is 35.5. The molecule has 2 rings (SSSR count). The number of carbonyl (C=O) groups excluding carboxylic acids is 2. The molecule has 0 saturated carbocycles. The maximum absolute atomic E-state index is 12.1. The number of benzene rings is 2. The van der Waals surface area contributed by atoms with E-state index in [9.17, 15) is 9.59 Å². The number of hydrogen-bond acceptors (Lipinski definition) is 3. The largest absolute Gasteiger partial charge is 0.454 e. The second kappa shape index (κ2) is 10.2. The van der Waals surface area contributed by atoms with E-state index in [4.69, 9.17) is 27.9 Å². The van der Waals surface area contributed by atoms with E-state index in [1.54, 1.807) is 42.5 Å². The van der Waals surface area contributed by atoms with Crippen molar-refractivity contribution >= 4 is 40.7 Å². The van der Waals surface area contributed by atoms with Crippen LogP contribution >= 0.6 is 23.2 Å². The number of ether oxygens (including phenoxy) is 1. The van der Waals surface area contributed by atoms with Gasteiger partial charge in [0, 0.05) is 18.0 Å². The number of rotatable bonds is 7. The van der Waals surface area contributed by atoms with Crippen LogP contribution in [-0.4, -0.2) is 39.0 Å². The van der Waals surface area contributed by atoms with E-state index in [1.807, 2.05) is 14.1 Å². The molecule has 0 bridgehead atoms. The Labute approximate surface area is 168 Å². The lowest BCUT2D eigenvalue weighted by Gasteiger charge is -2.13. The van der Waals surface area contributed by atoms with Gasteiger partial charge < -0.3 is 20.3 Å². The van der Waals surface area contributed by atoms with E-state index in [0.29, 0.717) is 33.8 Å². The average molecular weight is 411 g/mol. The van der Waals surface area contributed by atoms with Gasteiger partial charge in [0.15, 0.2) is 5.75 Å². The molecule has 2 aromatic rings. The van der Waals surface area contributed by atoms with Crippen molar-refractivity contribution in [3.8, 4) is 11.5 Å². The third-order valence-electron chi connectivity index (χ3n) is 3.59. The number of anilines is 1. The molecule has 3 N–H and O–H groups in total. The van der Waals surface area contributed by atoms with Crippen LogP contribution in [0.1, 0.15) is 6.42 Å². The van der Waals surface area contributed by atoms with Crippen molar-refractivity contribution in [2.45, 2.75) is 6.42 Å². The Morgan fingerprint density at radius 3 is 2.48 bits per heavy atom. The quantitative estimate of drug-likeness (QED) is 0.484. The van der Waals surface area contributed by atoms with E-state index in [2.05, 4.69) is 10.6 Å². The summed E-state index contributed by atoms with van der Waals surface area (Å²) < 4.78 is 5.76. The summed E-state index contributed by atoms with van der Waals surface area (Å²) in [6.45, 7) is 1.34.